The van der Waals surface area contributed by atoms with Crippen molar-refractivity contribution >= 4 is 17.2 Å². The van der Waals surface area contributed by atoms with Crippen LogP contribution in [-0.2, 0) is 17.8 Å². The van der Waals surface area contributed by atoms with Crippen LogP contribution in [0.3, 0.4) is 0 Å². The summed E-state index contributed by atoms with van der Waals surface area (Å²) in [6.07, 6.45) is 0.981. The largest absolute Gasteiger partial charge is 0.321 e. The van der Waals surface area contributed by atoms with Gasteiger partial charge in [-0.05, 0) is 41.3 Å². The molecule has 0 atom stereocenters. The smallest absolute Gasteiger partial charge is 0.255 e. The van der Waals surface area contributed by atoms with E-state index in [4.69, 9.17) is 0 Å². The molecule has 2 N–H and O–H groups in total. The van der Waals surface area contributed by atoms with Crippen LogP contribution < -0.4 is 10.6 Å². The molecule has 0 unspecified atom stereocenters. The van der Waals surface area contributed by atoms with Crippen molar-refractivity contribution in [2.45, 2.75) is 13.0 Å². The maximum Gasteiger partial charge on any atom is 0.255 e. The highest BCUT2D eigenvalue weighted by molar-refractivity contribution is 6.31. The molecule has 0 saturated carbocycles. The van der Waals surface area contributed by atoms with Gasteiger partial charge in [-0.1, -0.05) is 36.9 Å². The van der Waals surface area contributed by atoms with Crippen LogP contribution in [0.4, 0.5) is 5.69 Å². The van der Waals surface area contributed by atoms with Crippen LogP contribution in [-0.4, -0.2) is 12.5 Å². The molecule has 0 spiro atoms. The zero-order valence-electron chi connectivity index (χ0n) is 11.7. The van der Waals surface area contributed by atoms with Gasteiger partial charge in [0.05, 0.1) is 5.69 Å². The lowest BCUT2D eigenvalue weighted by Gasteiger charge is -2.23. The first kappa shape index (κ1) is 12.4. The molecule has 0 saturated heterocycles. The van der Waals surface area contributed by atoms with Crippen molar-refractivity contribution in [2.75, 3.05) is 11.9 Å². The van der Waals surface area contributed by atoms with Crippen LogP contribution >= 0.6 is 0 Å². The molecule has 4 rings (SSSR count). The Labute approximate surface area is 123 Å². The van der Waals surface area contributed by atoms with Crippen molar-refractivity contribution in [3.63, 3.8) is 0 Å². The summed E-state index contributed by atoms with van der Waals surface area (Å²) < 4.78 is 0. The molecule has 2 heterocycles. The molecule has 3 nitrogen and oxygen atoms in total. The Morgan fingerprint density at radius 2 is 1.86 bits per heavy atom. The Morgan fingerprint density at radius 3 is 2.67 bits per heavy atom. The molecule has 21 heavy (non-hydrogen) atoms. The Balaban J connectivity index is 2.01. The first-order valence-corrected chi connectivity index (χ1v) is 7.21. The molecule has 1 amide bonds. The lowest BCUT2D eigenvalue weighted by atomic mass is 9.87. The van der Waals surface area contributed by atoms with Gasteiger partial charge in [-0.15, -0.1) is 0 Å². The number of rotatable bonds is 1. The molecular weight excluding hydrogens is 260 g/mol. The van der Waals surface area contributed by atoms with Gasteiger partial charge in [-0.3, -0.25) is 4.79 Å². The van der Waals surface area contributed by atoms with Gasteiger partial charge in [0.15, 0.2) is 0 Å². The maximum atomic E-state index is 11.9. The molecule has 104 valence electrons. The highest BCUT2D eigenvalue weighted by atomic mass is 16.1. The maximum absolute atomic E-state index is 11.9. The number of carbonyl (C=O) groups excluding carboxylic acids is 1. The number of benzene rings is 2. The summed E-state index contributed by atoms with van der Waals surface area (Å²) in [6.45, 7) is 5.70. The first-order chi connectivity index (χ1) is 10.3. The fraction of sp³-hybridized carbons (Fsp3) is 0.167. The minimum atomic E-state index is -0.0806. The summed E-state index contributed by atoms with van der Waals surface area (Å²) >= 11 is 0. The van der Waals surface area contributed by atoms with Gasteiger partial charge < -0.3 is 10.6 Å². The Kier molecular flexibility index (Phi) is 2.69. The third kappa shape index (κ3) is 1.82. The molecule has 0 aliphatic carbocycles. The summed E-state index contributed by atoms with van der Waals surface area (Å²) in [7, 11) is 0. The van der Waals surface area contributed by atoms with E-state index in [-0.39, 0.29) is 5.91 Å². The predicted octanol–water partition coefficient (Wildman–Crippen LogP) is 2.96. The van der Waals surface area contributed by atoms with E-state index < -0.39 is 0 Å². The van der Waals surface area contributed by atoms with Gasteiger partial charge in [-0.2, -0.15) is 0 Å². The van der Waals surface area contributed by atoms with E-state index in [9.17, 15) is 4.79 Å². The predicted molar refractivity (Wildman–Crippen MR) is 85.0 cm³/mol. The normalized spacial score (nSPS) is 16.4. The highest BCUT2D eigenvalue weighted by Gasteiger charge is 2.29. The molecular formula is C18H16N2O. The van der Waals surface area contributed by atoms with E-state index in [1.54, 1.807) is 0 Å². The van der Waals surface area contributed by atoms with Gasteiger partial charge >= 0.3 is 0 Å². The number of hydrogen-bond acceptors (Lipinski definition) is 2. The standard InChI is InChI=1S/C18H16N2O/c1-11-14-9-15(12-5-3-2-4-6-12)13-7-8-19-10-16(13)17(14)20-18(11)21/h2-6,9,19H,1,7-8,10H2,(H,20,21). The Bertz CT molecular complexity index is 763. The van der Waals surface area contributed by atoms with E-state index in [1.807, 2.05) is 18.2 Å². The number of nitrogens with one attached hydrogen (secondary N) is 2. The van der Waals surface area contributed by atoms with E-state index in [1.165, 1.54) is 22.3 Å². The van der Waals surface area contributed by atoms with E-state index in [2.05, 4.69) is 35.4 Å². The fourth-order valence-corrected chi connectivity index (χ4v) is 3.25. The molecule has 2 aliphatic heterocycles. The van der Waals surface area contributed by atoms with Crippen LogP contribution in [0.5, 0.6) is 0 Å². The molecule has 2 aromatic carbocycles. The molecule has 0 fully saturated rings. The van der Waals surface area contributed by atoms with Crippen LogP contribution in [0.25, 0.3) is 16.7 Å². The molecule has 2 aromatic rings. The van der Waals surface area contributed by atoms with E-state index in [0.717, 1.165) is 30.8 Å². The Morgan fingerprint density at radius 1 is 1.05 bits per heavy atom. The number of carbonyl (C=O) groups is 1. The van der Waals surface area contributed by atoms with Crippen molar-refractivity contribution in [1.82, 2.24) is 5.32 Å². The second-order valence-corrected chi connectivity index (χ2v) is 5.53. The van der Waals surface area contributed by atoms with Gasteiger partial charge in [0.25, 0.3) is 5.91 Å². The van der Waals surface area contributed by atoms with Crippen molar-refractivity contribution < 1.29 is 4.79 Å². The summed E-state index contributed by atoms with van der Waals surface area (Å²) in [5.41, 5.74) is 7.44. The third-order valence-corrected chi connectivity index (χ3v) is 4.33. The molecule has 2 aliphatic rings. The summed E-state index contributed by atoms with van der Waals surface area (Å²) in [5.74, 6) is -0.0806. The van der Waals surface area contributed by atoms with Gasteiger partial charge in [-0.25, -0.2) is 0 Å². The lowest BCUT2D eigenvalue weighted by Crippen LogP contribution is -2.25. The number of fused-ring (bicyclic) bond motifs is 3. The minimum Gasteiger partial charge on any atom is -0.321 e. The summed E-state index contributed by atoms with van der Waals surface area (Å²) in [4.78, 5) is 11.9. The van der Waals surface area contributed by atoms with E-state index in [0.29, 0.717) is 5.57 Å². The lowest BCUT2D eigenvalue weighted by molar-refractivity contribution is -0.110. The number of hydrogen-bond donors (Lipinski definition) is 2. The third-order valence-electron chi connectivity index (χ3n) is 4.33. The molecule has 3 heteroatoms. The van der Waals surface area contributed by atoms with Crippen molar-refractivity contribution in [3.05, 3.63) is 59.7 Å². The van der Waals surface area contributed by atoms with Crippen LogP contribution in [0.15, 0.2) is 43.0 Å². The molecule has 0 radical (unpaired) electrons. The van der Waals surface area contributed by atoms with Gasteiger partial charge in [0.1, 0.15) is 0 Å². The summed E-state index contributed by atoms with van der Waals surface area (Å²) in [5, 5.41) is 6.37. The van der Waals surface area contributed by atoms with Crippen LogP contribution in [0, 0.1) is 0 Å². The number of anilines is 1. The van der Waals surface area contributed by atoms with Crippen LogP contribution in [0.1, 0.15) is 16.7 Å². The highest BCUT2D eigenvalue weighted by Crippen LogP contribution is 2.41. The zero-order chi connectivity index (χ0) is 14.4. The van der Waals surface area contributed by atoms with E-state index >= 15 is 0 Å². The SMILES string of the molecule is C=C1C(=O)Nc2c1cc(-c1ccccc1)c1c2CNCC1. The van der Waals surface area contributed by atoms with Gasteiger partial charge in [0.2, 0.25) is 0 Å². The fourth-order valence-electron chi connectivity index (χ4n) is 3.25. The van der Waals surface area contributed by atoms with Crippen molar-refractivity contribution in [3.8, 4) is 11.1 Å². The first-order valence-electron chi connectivity index (χ1n) is 7.21. The van der Waals surface area contributed by atoms with Crippen molar-refractivity contribution in [1.29, 1.82) is 0 Å². The zero-order valence-corrected chi connectivity index (χ0v) is 11.7. The summed E-state index contributed by atoms with van der Waals surface area (Å²) in [6, 6.07) is 12.5. The number of amides is 1. The second-order valence-electron chi connectivity index (χ2n) is 5.53. The Hall–Kier alpha value is -2.39. The van der Waals surface area contributed by atoms with Crippen molar-refractivity contribution in [2.24, 2.45) is 0 Å². The second kappa shape index (κ2) is 4.57. The minimum absolute atomic E-state index is 0.0806. The monoisotopic (exact) mass is 276 g/mol. The average Bonchev–Trinajstić information content (AvgIpc) is 2.83. The van der Waals surface area contributed by atoms with Crippen LogP contribution in [0.2, 0.25) is 0 Å². The average molecular weight is 276 g/mol. The topological polar surface area (TPSA) is 41.1 Å². The molecule has 0 bridgehead atoms. The quantitative estimate of drug-likeness (QED) is 0.786. The van der Waals surface area contributed by atoms with Gasteiger partial charge in [0, 0.05) is 17.7 Å². The molecule has 0 aromatic heterocycles.